The predicted molar refractivity (Wildman–Crippen MR) is 38.8 cm³/mol. The minimum atomic E-state index is -2.45. The molecule has 2 saturated carbocycles. The molecule has 0 aliphatic heterocycles. The van der Waals surface area contributed by atoms with Gasteiger partial charge >= 0.3 is 0 Å². The quantitative estimate of drug-likeness (QED) is 0.630. The van der Waals surface area contributed by atoms with Gasteiger partial charge in [0, 0.05) is 17.9 Å². The van der Waals surface area contributed by atoms with Crippen molar-refractivity contribution in [3.63, 3.8) is 0 Å². The largest absolute Gasteiger partial charge is 0.356 e. The fourth-order valence-corrected chi connectivity index (χ4v) is 2.24. The summed E-state index contributed by atoms with van der Waals surface area (Å²) in [6, 6.07) is -0.0177. The summed E-state index contributed by atoms with van der Waals surface area (Å²) in [5.41, 5.74) is -0.742. The lowest BCUT2D eigenvalue weighted by Crippen LogP contribution is -2.25. The van der Waals surface area contributed by atoms with E-state index in [0.717, 1.165) is 0 Å². The Kier molecular flexibility index (Phi) is 1.44. The SMILES string of the molecule is O=CNC1CCC2(C1)CC2(F)F. The van der Waals surface area contributed by atoms with Gasteiger partial charge in [-0.2, -0.15) is 0 Å². The molecule has 0 heterocycles. The second-order valence-electron chi connectivity index (χ2n) is 3.89. The summed E-state index contributed by atoms with van der Waals surface area (Å²) in [5, 5.41) is 2.56. The van der Waals surface area contributed by atoms with E-state index in [1.54, 1.807) is 0 Å². The van der Waals surface area contributed by atoms with Crippen LogP contribution >= 0.6 is 0 Å². The zero-order chi connectivity index (χ0) is 8.82. The van der Waals surface area contributed by atoms with Gasteiger partial charge in [-0.3, -0.25) is 4.79 Å². The van der Waals surface area contributed by atoms with Gasteiger partial charge in [-0.25, -0.2) is 8.78 Å². The maximum absolute atomic E-state index is 12.8. The Morgan fingerprint density at radius 3 is 2.58 bits per heavy atom. The molecular weight excluding hydrogens is 164 g/mol. The minimum absolute atomic E-state index is 0.0177. The highest BCUT2D eigenvalue weighted by Gasteiger charge is 2.72. The van der Waals surface area contributed by atoms with Crippen LogP contribution in [0.15, 0.2) is 0 Å². The molecule has 1 spiro atoms. The Labute approximate surface area is 69.3 Å². The number of hydrogen-bond donors (Lipinski definition) is 1. The monoisotopic (exact) mass is 175 g/mol. The van der Waals surface area contributed by atoms with Crippen LogP contribution in [0.2, 0.25) is 0 Å². The van der Waals surface area contributed by atoms with Gasteiger partial charge in [0.05, 0.1) is 0 Å². The van der Waals surface area contributed by atoms with Crippen LogP contribution in [-0.2, 0) is 4.79 Å². The first kappa shape index (κ1) is 7.95. The van der Waals surface area contributed by atoms with E-state index in [9.17, 15) is 13.6 Å². The van der Waals surface area contributed by atoms with Crippen LogP contribution in [0.1, 0.15) is 25.7 Å². The van der Waals surface area contributed by atoms with Crippen LogP contribution in [-0.4, -0.2) is 18.4 Å². The molecule has 0 aromatic carbocycles. The predicted octanol–water partition coefficient (Wildman–Crippen LogP) is 1.31. The van der Waals surface area contributed by atoms with Crippen LogP contribution in [0.25, 0.3) is 0 Å². The van der Waals surface area contributed by atoms with Gasteiger partial charge in [-0.05, 0) is 19.3 Å². The third-order valence-corrected chi connectivity index (χ3v) is 3.12. The number of amides is 1. The van der Waals surface area contributed by atoms with Gasteiger partial charge in [0.15, 0.2) is 0 Å². The summed E-state index contributed by atoms with van der Waals surface area (Å²) in [4.78, 5) is 10.1. The molecular formula is C8H11F2NO. The fourth-order valence-electron chi connectivity index (χ4n) is 2.24. The van der Waals surface area contributed by atoms with E-state index in [2.05, 4.69) is 5.32 Å². The number of carbonyl (C=O) groups is 1. The van der Waals surface area contributed by atoms with Crippen molar-refractivity contribution in [1.29, 1.82) is 0 Å². The van der Waals surface area contributed by atoms with Gasteiger partial charge < -0.3 is 5.32 Å². The van der Waals surface area contributed by atoms with Crippen LogP contribution in [0.5, 0.6) is 0 Å². The number of nitrogens with one attached hydrogen (secondary N) is 1. The van der Waals surface area contributed by atoms with E-state index in [1.165, 1.54) is 0 Å². The molecule has 2 rings (SSSR count). The first-order valence-electron chi connectivity index (χ1n) is 4.17. The molecule has 2 aliphatic rings. The van der Waals surface area contributed by atoms with Crippen LogP contribution < -0.4 is 5.32 Å². The highest BCUT2D eigenvalue weighted by Crippen LogP contribution is 2.68. The van der Waals surface area contributed by atoms with Crippen molar-refractivity contribution >= 4 is 6.41 Å². The number of hydrogen-bond acceptors (Lipinski definition) is 1. The molecule has 2 fully saturated rings. The van der Waals surface area contributed by atoms with Crippen molar-refractivity contribution in [2.45, 2.75) is 37.6 Å². The number of alkyl halides is 2. The summed E-state index contributed by atoms with van der Waals surface area (Å²) in [6.07, 6.45) is 2.35. The standard InChI is InChI=1S/C8H11F2NO/c9-8(10)4-7(8)2-1-6(3-7)11-5-12/h5-6H,1-4H2,(H,11,12). The number of halogens is 2. The topological polar surface area (TPSA) is 29.1 Å². The van der Waals surface area contributed by atoms with E-state index in [4.69, 9.17) is 0 Å². The van der Waals surface area contributed by atoms with Gasteiger partial charge in [0.1, 0.15) is 0 Å². The molecule has 1 N–H and O–H groups in total. The van der Waals surface area contributed by atoms with Crippen LogP contribution in [0, 0.1) is 5.41 Å². The van der Waals surface area contributed by atoms with Crippen molar-refractivity contribution in [3.8, 4) is 0 Å². The zero-order valence-corrected chi connectivity index (χ0v) is 6.65. The molecule has 0 radical (unpaired) electrons. The molecule has 2 unspecified atom stereocenters. The van der Waals surface area contributed by atoms with E-state index in [0.29, 0.717) is 25.7 Å². The van der Waals surface area contributed by atoms with Crippen molar-refractivity contribution in [1.82, 2.24) is 5.32 Å². The van der Waals surface area contributed by atoms with E-state index < -0.39 is 11.3 Å². The molecule has 0 aromatic rings. The van der Waals surface area contributed by atoms with Gasteiger partial charge in [-0.1, -0.05) is 0 Å². The first-order valence-corrected chi connectivity index (χ1v) is 4.17. The molecule has 68 valence electrons. The second kappa shape index (κ2) is 2.18. The lowest BCUT2D eigenvalue weighted by Gasteiger charge is -2.08. The average Bonchev–Trinajstić information content (AvgIpc) is 2.39. The van der Waals surface area contributed by atoms with E-state index >= 15 is 0 Å². The molecule has 2 atom stereocenters. The highest BCUT2D eigenvalue weighted by atomic mass is 19.3. The fraction of sp³-hybridized carbons (Fsp3) is 0.875. The Morgan fingerprint density at radius 2 is 2.17 bits per heavy atom. The Balaban J connectivity index is 1.96. The van der Waals surface area contributed by atoms with Gasteiger partial charge in [0.25, 0.3) is 5.92 Å². The van der Waals surface area contributed by atoms with E-state index in [1.807, 2.05) is 0 Å². The Hall–Kier alpha value is -0.670. The van der Waals surface area contributed by atoms with Gasteiger partial charge in [0.2, 0.25) is 6.41 Å². The average molecular weight is 175 g/mol. The van der Waals surface area contributed by atoms with Crippen LogP contribution in [0.3, 0.4) is 0 Å². The minimum Gasteiger partial charge on any atom is -0.356 e. The summed E-state index contributed by atoms with van der Waals surface area (Å²) in [7, 11) is 0. The summed E-state index contributed by atoms with van der Waals surface area (Å²) in [6.45, 7) is 0. The summed E-state index contributed by atoms with van der Waals surface area (Å²) in [5.74, 6) is -2.45. The normalized spacial score (nSPS) is 43.0. The third-order valence-electron chi connectivity index (χ3n) is 3.12. The number of rotatable bonds is 2. The smallest absolute Gasteiger partial charge is 0.254 e. The molecule has 0 aromatic heterocycles. The molecule has 0 bridgehead atoms. The van der Waals surface area contributed by atoms with Crippen molar-refractivity contribution in [2.24, 2.45) is 5.41 Å². The second-order valence-corrected chi connectivity index (χ2v) is 3.89. The summed E-state index contributed by atoms with van der Waals surface area (Å²) >= 11 is 0. The highest BCUT2D eigenvalue weighted by molar-refractivity contribution is 5.47. The first-order chi connectivity index (χ1) is 5.60. The lowest BCUT2D eigenvalue weighted by atomic mass is 10.1. The third kappa shape index (κ3) is 0.934. The maximum Gasteiger partial charge on any atom is 0.254 e. The lowest BCUT2D eigenvalue weighted by molar-refractivity contribution is -0.110. The van der Waals surface area contributed by atoms with Gasteiger partial charge in [-0.15, -0.1) is 0 Å². The number of carbonyl (C=O) groups excluding carboxylic acids is 1. The molecule has 4 heteroatoms. The van der Waals surface area contributed by atoms with Crippen LogP contribution in [0.4, 0.5) is 8.78 Å². The molecule has 2 nitrogen and oxygen atoms in total. The molecule has 2 aliphatic carbocycles. The Bertz CT molecular complexity index is 219. The van der Waals surface area contributed by atoms with Crippen molar-refractivity contribution < 1.29 is 13.6 Å². The zero-order valence-electron chi connectivity index (χ0n) is 6.65. The molecule has 1 amide bonds. The van der Waals surface area contributed by atoms with E-state index in [-0.39, 0.29) is 12.5 Å². The Morgan fingerprint density at radius 1 is 1.50 bits per heavy atom. The van der Waals surface area contributed by atoms with Crippen molar-refractivity contribution in [3.05, 3.63) is 0 Å². The summed E-state index contributed by atoms with van der Waals surface area (Å²) < 4.78 is 25.6. The maximum atomic E-state index is 12.8. The van der Waals surface area contributed by atoms with Crippen molar-refractivity contribution in [2.75, 3.05) is 0 Å². The molecule has 12 heavy (non-hydrogen) atoms. The molecule has 0 saturated heterocycles.